The van der Waals surface area contributed by atoms with E-state index in [0.717, 1.165) is 12.0 Å². The molecule has 5 rings (SSSR count). The number of halogens is 1. The molecule has 0 aliphatic heterocycles. The van der Waals surface area contributed by atoms with Crippen molar-refractivity contribution in [3.8, 4) is 0 Å². The summed E-state index contributed by atoms with van der Waals surface area (Å²) in [5.41, 5.74) is 2.55. The third-order valence-electron chi connectivity index (χ3n) is 6.02. The van der Waals surface area contributed by atoms with Gasteiger partial charge in [-0.1, -0.05) is 72.3 Å². The summed E-state index contributed by atoms with van der Waals surface area (Å²) in [6.45, 7) is 0.842. The summed E-state index contributed by atoms with van der Waals surface area (Å²) < 4.78 is 3.45. The molecule has 0 spiro atoms. The lowest BCUT2D eigenvalue weighted by atomic mass is 10.1. The fourth-order valence-corrected chi connectivity index (χ4v) is 4.42. The second kappa shape index (κ2) is 10.1. The van der Waals surface area contributed by atoms with Gasteiger partial charge in [-0.3, -0.25) is 18.6 Å². The van der Waals surface area contributed by atoms with E-state index in [1.807, 2.05) is 71.1 Å². The van der Waals surface area contributed by atoms with Crippen LogP contribution >= 0.6 is 11.6 Å². The van der Waals surface area contributed by atoms with E-state index in [1.54, 1.807) is 16.7 Å². The number of aromatic nitrogens is 4. The SMILES string of the molecule is O=C(CCc1nnc2n(Cc3ccccc3Cl)c(=O)c3ccccc3n12)NCCc1ccccc1. The first-order valence-corrected chi connectivity index (χ1v) is 11.9. The zero-order valence-electron chi connectivity index (χ0n) is 19.0. The van der Waals surface area contributed by atoms with Crippen LogP contribution in [-0.2, 0) is 24.2 Å². The van der Waals surface area contributed by atoms with Crippen LogP contribution in [0.4, 0.5) is 0 Å². The van der Waals surface area contributed by atoms with Crippen molar-refractivity contribution in [3.05, 3.63) is 111 Å². The second-order valence-corrected chi connectivity index (χ2v) is 8.74. The summed E-state index contributed by atoms with van der Waals surface area (Å²) >= 11 is 6.36. The van der Waals surface area contributed by atoms with Gasteiger partial charge >= 0.3 is 0 Å². The maximum Gasteiger partial charge on any atom is 0.263 e. The quantitative estimate of drug-likeness (QED) is 0.359. The fourth-order valence-electron chi connectivity index (χ4n) is 4.22. The largest absolute Gasteiger partial charge is 0.356 e. The van der Waals surface area contributed by atoms with E-state index in [1.165, 1.54) is 5.56 Å². The van der Waals surface area contributed by atoms with E-state index < -0.39 is 0 Å². The topological polar surface area (TPSA) is 81.3 Å². The van der Waals surface area contributed by atoms with Gasteiger partial charge in [0.05, 0.1) is 17.4 Å². The number of nitrogens with one attached hydrogen (secondary N) is 1. The second-order valence-electron chi connectivity index (χ2n) is 8.34. The summed E-state index contributed by atoms with van der Waals surface area (Å²) in [5.74, 6) is 1.00. The maximum absolute atomic E-state index is 13.3. The first kappa shape index (κ1) is 22.8. The van der Waals surface area contributed by atoms with Crippen LogP contribution in [0.25, 0.3) is 16.7 Å². The Balaban J connectivity index is 1.41. The van der Waals surface area contributed by atoms with Crippen LogP contribution in [-0.4, -0.2) is 31.6 Å². The highest BCUT2D eigenvalue weighted by Crippen LogP contribution is 2.19. The Morgan fingerprint density at radius 3 is 2.46 bits per heavy atom. The summed E-state index contributed by atoms with van der Waals surface area (Å²) in [5, 5.41) is 12.8. The number of fused-ring (bicyclic) bond motifs is 3. The van der Waals surface area contributed by atoms with Crippen molar-refractivity contribution in [2.75, 3.05) is 6.54 Å². The molecule has 3 aromatic carbocycles. The van der Waals surface area contributed by atoms with Crippen molar-refractivity contribution in [1.29, 1.82) is 0 Å². The van der Waals surface area contributed by atoms with Gasteiger partial charge in [0, 0.05) is 24.4 Å². The van der Waals surface area contributed by atoms with E-state index in [9.17, 15) is 9.59 Å². The predicted octanol–water partition coefficient (Wildman–Crippen LogP) is 4.04. The standard InChI is InChI=1S/C27H24ClN5O2/c28-22-12-6-4-10-20(22)18-32-26(35)21-11-5-7-13-23(21)33-24(30-31-27(32)33)14-15-25(34)29-17-16-19-8-2-1-3-9-19/h1-13H,14-18H2,(H,29,34). The highest BCUT2D eigenvalue weighted by Gasteiger charge is 2.18. The Hall–Kier alpha value is -3.97. The monoisotopic (exact) mass is 485 g/mol. The first-order valence-electron chi connectivity index (χ1n) is 11.5. The van der Waals surface area contributed by atoms with Gasteiger partial charge in [0.1, 0.15) is 5.82 Å². The number of carbonyl (C=O) groups is 1. The number of hydrogen-bond acceptors (Lipinski definition) is 4. The lowest BCUT2D eigenvalue weighted by Crippen LogP contribution is -2.26. The van der Waals surface area contributed by atoms with Gasteiger partial charge in [-0.15, -0.1) is 10.2 Å². The molecule has 0 unspecified atom stereocenters. The van der Waals surface area contributed by atoms with E-state index in [4.69, 9.17) is 11.6 Å². The molecule has 5 aromatic rings. The highest BCUT2D eigenvalue weighted by molar-refractivity contribution is 6.31. The Kier molecular flexibility index (Phi) is 6.59. The highest BCUT2D eigenvalue weighted by atomic mass is 35.5. The van der Waals surface area contributed by atoms with Crippen LogP contribution in [0.2, 0.25) is 5.02 Å². The number of hydrogen-bond donors (Lipinski definition) is 1. The van der Waals surface area contributed by atoms with Gasteiger partial charge in [-0.25, -0.2) is 0 Å². The molecular formula is C27H24ClN5O2. The van der Waals surface area contributed by atoms with Crippen LogP contribution in [0.3, 0.4) is 0 Å². The first-order chi connectivity index (χ1) is 17.1. The van der Waals surface area contributed by atoms with Gasteiger partial charge in [0.25, 0.3) is 5.56 Å². The van der Waals surface area contributed by atoms with Crippen LogP contribution in [0.5, 0.6) is 0 Å². The molecular weight excluding hydrogens is 462 g/mol. The van der Waals surface area contributed by atoms with Gasteiger partial charge in [0.15, 0.2) is 0 Å². The lowest BCUT2D eigenvalue weighted by molar-refractivity contribution is -0.121. The molecule has 0 atom stereocenters. The van der Waals surface area contributed by atoms with Gasteiger partial charge < -0.3 is 5.32 Å². The Labute approximate surface area is 207 Å². The molecule has 2 heterocycles. The van der Waals surface area contributed by atoms with E-state index >= 15 is 0 Å². The van der Waals surface area contributed by atoms with Crippen LogP contribution in [0.1, 0.15) is 23.4 Å². The average Bonchev–Trinajstić information content (AvgIpc) is 3.31. The van der Waals surface area contributed by atoms with Crippen molar-refractivity contribution in [2.45, 2.75) is 25.8 Å². The number of amides is 1. The number of aryl methyl sites for hydroxylation is 1. The molecule has 2 aromatic heterocycles. The summed E-state index contributed by atoms with van der Waals surface area (Å²) in [7, 11) is 0. The molecule has 8 heteroatoms. The molecule has 0 saturated heterocycles. The molecule has 35 heavy (non-hydrogen) atoms. The minimum atomic E-state index is -0.161. The number of para-hydroxylation sites is 1. The smallest absolute Gasteiger partial charge is 0.263 e. The van der Waals surface area contributed by atoms with Crippen molar-refractivity contribution < 1.29 is 4.79 Å². The van der Waals surface area contributed by atoms with E-state index in [-0.39, 0.29) is 24.4 Å². The number of rotatable bonds is 8. The third-order valence-corrected chi connectivity index (χ3v) is 6.38. The maximum atomic E-state index is 13.3. The summed E-state index contributed by atoms with van der Waals surface area (Å²) in [4.78, 5) is 25.8. The minimum absolute atomic E-state index is 0.0497. The molecule has 0 radical (unpaired) electrons. The molecule has 0 aliphatic rings. The summed E-state index contributed by atoms with van der Waals surface area (Å²) in [6.07, 6.45) is 1.44. The molecule has 1 amide bonds. The normalized spacial score (nSPS) is 11.2. The zero-order valence-corrected chi connectivity index (χ0v) is 19.8. The average molecular weight is 486 g/mol. The van der Waals surface area contributed by atoms with Crippen LogP contribution < -0.4 is 10.9 Å². The summed E-state index contributed by atoms with van der Waals surface area (Å²) in [6, 6.07) is 24.8. The number of benzene rings is 3. The van der Waals surface area contributed by atoms with Crippen molar-refractivity contribution in [1.82, 2.24) is 24.5 Å². The molecule has 0 aliphatic carbocycles. The molecule has 0 bridgehead atoms. The Morgan fingerprint density at radius 2 is 1.63 bits per heavy atom. The van der Waals surface area contributed by atoms with Gasteiger partial charge in [0.2, 0.25) is 11.7 Å². The molecule has 176 valence electrons. The minimum Gasteiger partial charge on any atom is -0.356 e. The molecule has 0 fully saturated rings. The zero-order chi connectivity index (χ0) is 24.2. The molecule has 1 N–H and O–H groups in total. The molecule has 7 nitrogen and oxygen atoms in total. The number of carbonyl (C=O) groups excluding carboxylic acids is 1. The van der Waals surface area contributed by atoms with Crippen LogP contribution in [0.15, 0.2) is 83.7 Å². The Morgan fingerprint density at radius 1 is 0.886 bits per heavy atom. The third kappa shape index (κ3) is 4.81. The number of nitrogens with zero attached hydrogens (tertiary/aromatic N) is 4. The Bertz CT molecular complexity index is 1560. The fraction of sp³-hybridized carbons (Fsp3) is 0.185. The van der Waals surface area contributed by atoms with Crippen molar-refractivity contribution in [3.63, 3.8) is 0 Å². The van der Waals surface area contributed by atoms with E-state index in [0.29, 0.717) is 40.5 Å². The van der Waals surface area contributed by atoms with Crippen molar-refractivity contribution >= 4 is 34.2 Å². The molecule has 0 saturated carbocycles. The van der Waals surface area contributed by atoms with E-state index in [2.05, 4.69) is 15.5 Å². The lowest BCUT2D eigenvalue weighted by Gasteiger charge is -2.12. The predicted molar refractivity (Wildman–Crippen MR) is 137 cm³/mol. The van der Waals surface area contributed by atoms with Crippen LogP contribution in [0, 0.1) is 0 Å². The van der Waals surface area contributed by atoms with Gasteiger partial charge in [-0.2, -0.15) is 0 Å². The van der Waals surface area contributed by atoms with Crippen molar-refractivity contribution in [2.24, 2.45) is 0 Å². The van der Waals surface area contributed by atoms with Gasteiger partial charge in [-0.05, 0) is 35.7 Å².